The van der Waals surface area contributed by atoms with Gasteiger partial charge in [-0.1, -0.05) is 29.8 Å². The Balaban J connectivity index is 1.81. The van der Waals surface area contributed by atoms with Crippen LogP contribution in [0.1, 0.15) is 28.4 Å². The average Bonchev–Trinajstić information content (AvgIpc) is 2.85. The van der Waals surface area contributed by atoms with Crippen LogP contribution in [-0.4, -0.2) is 11.9 Å². The second kappa shape index (κ2) is 5.74. The molecule has 2 aromatic rings. The third kappa shape index (κ3) is 3.01. The monoisotopic (exact) mass is 298 g/mol. The van der Waals surface area contributed by atoms with Crippen LogP contribution in [0.4, 0.5) is 0 Å². The van der Waals surface area contributed by atoms with Crippen LogP contribution in [0.2, 0.25) is 5.02 Å². The highest BCUT2D eigenvalue weighted by Gasteiger charge is 2.19. The maximum Gasteiger partial charge on any atom is 0.185 e. The summed E-state index contributed by atoms with van der Waals surface area (Å²) >= 11 is 6.07. The van der Waals surface area contributed by atoms with Crippen molar-refractivity contribution >= 4 is 23.5 Å². The van der Waals surface area contributed by atoms with Crippen LogP contribution in [0.3, 0.4) is 0 Å². The van der Waals surface area contributed by atoms with E-state index in [2.05, 4.69) is 0 Å². The molecule has 0 saturated heterocycles. The molecule has 3 heteroatoms. The average molecular weight is 299 g/mol. The fraction of sp³-hybridized carbons (Fsp3) is 0.167. The smallest absolute Gasteiger partial charge is 0.185 e. The molecule has 0 N–H and O–H groups in total. The molecule has 0 amide bonds. The molecule has 0 bridgehead atoms. The van der Waals surface area contributed by atoms with E-state index in [1.165, 1.54) is 0 Å². The van der Waals surface area contributed by atoms with Gasteiger partial charge in [0.2, 0.25) is 0 Å². The zero-order valence-corrected chi connectivity index (χ0v) is 12.4. The Morgan fingerprint density at radius 1 is 1.29 bits per heavy atom. The van der Waals surface area contributed by atoms with E-state index in [0.29, 0.717) is 10.6 Å². The van der Waals surface area contributed by atoms with Gasteiger partial charge < -0.3 is 4.74 Å². The molecule has 1 atom stereocenters. The SMILES string of the molecule is CC1Cc2cc(C(=O)C=Cc3ccccc3Cl)ccc2O1. The summed E-state index contributed by atoms with van der Waals surface area (Å²) in [5.74, 6) is 0.853. The van der Waals surface area contributed by atoms with Gasteiger partial charge in [0.05, 0.1) is 0 Å². The van der Waals surface area contributed by atoms with Gasteiger partial charge in [-0.3, -0.25) is 4.79 Å². The van der Waals surface area contributed by atoms with E-state index in [9.17, 15) is 4.79 Å². The Morgan fingerprint density at radius 3 is 2.90 bits per heavy atom. The van der Waals surface area contributed by atoms with Gasteiger partial charge in [-0.15, -0.1) is 0 Å². The molecule has 0 aromatic heterocycles. The number of halogens is 1. The van der Waals surface area contributed by atoms with Crippen molar-refractivity contribution in [3.8, 4) is 5.75 Å². The van der Waals surface area contributed by atoms with Crippen LogP contribution in [0.5, 0.6) is 5.75 Å². The maximum absolute atomic E-state index is 12.2. The molecule has 0 saturated carbocycles. The van der Waals surface area contributed by atoms with Crippen molar-refractivity contribution in [2.45, 2.75) is 19.4 Å². The minimum Gasteiger partial charge on any atom is -0.490 e. The van der Waals surface area contributed by atoms with Crippen LogP contribution in [-0.2, 0) is 6.42 Å². The first-order chi connectivity index (χ1) is 10.1. The summed E-state index contributed by atoms with van der Waals surface area (Å²) < 4.78 is 5.64. The molecule has 0 aliphatic carbocycles. The summed E-state index contributed by atoms with van der Waals surface area (Å²) in [5.41, 5.74) is 2.61. The highest BCUT2D eigenvalue weighted by molar-refractivity contribution is 6.32. The highest BCUT2D eigenvalue weighted by Crippen LogP contribution is 2.29. The Kier molecular flexibility index (Phi) is 3.80. The van der Waals surface area contributed by atoms with Crippen LogP contribution in [0.15, 0.2) is 48.5 Å². The third-order valence-electron chi connectivity index (χ3n) is 3.50. The number of hydrogen-bond donors (Lipinski definition) is 0. The van der Waals surface area contributed by atoms with E-state index >= 15 is 0 Å². The van der Waals surface area contributed by atoms with Crippen molar-refractivity contribution in [3.05, 3.63) is 70.3 Å². The van der Waals surface area contributed by atoms with E-state index in [0.717, 1.165) is 23.3 Å². The van der Waals surface area contributed by atoms with E-state index < -0.39 is 0 Å². The first kappa shape index (κ1) is 13.9. The zero-order chi connectivity index (χ0) is 14.8. The number of fused-ring (bicyclic) bond motifs is 1. The lowest BCUT2D eigenvalue weighted by atomic mass is 10.0. The predicted octanol–water partition coefficient (Wildman–Crippen LogP) is 4.56. The first-order valence-corrected chi connectivity index (χ1v) is 7.28. The summed E-state index contributed by atoms with van der Waals surface area (Å²) in [6, 6.07) is 13.0. The second-order valence-electron chi connectivity index (χ2n) is 5.17. The van der Waals surface area contributed by atoms with Crippen molar-refractivity contribution in [2.75, 3.05) is 0 Å². The van der Waals surface area contributed by atoms with E-state index in [-0.39, 0.29) is 11.9 Å². The fourth-order valence-electron chi connectivity index (χ4n) is 2.45. The molecule has 2 nitrogen and oxygen atoms in total. The number of ketones is 1. The number of hydrogen-bond acceptors (Lipinski definition) is 2. The summed E-state index contributed by atoms with van der Waals surface area (Å²) in [5, 5.41) is 0.637. The highest BCUT2D eigenvalue weighted by atomic mass is 35.5. The molecule has 106 valence electrons. The molecule has 1 heterocycles. The van der Waals surface area contributed by atoms with Crippen LogP contribution in [0.25, 0.3) is 6.08 Å². The van der Waals surface area contributed by atoms with Crippen molar-refractivity contribution in [3.63, 3.8) is 0 Å². The normalized spacial score (nSPS) is 16.8. The Morgan fingerprint density at radius 2 is 2.10 bits per heavy atom. The lowest BCUT2D eigenvalue weighted by Crippen LogP contribution is -2.05. The molecule has 1 unspecified atom stereocenters. The minimum atomic E-state index is -0.0303. The standard InChI is InChI=1S/C18H15ClO2/c1-12-10-15-11-14(7-9-18(15)21-12)17(20)8-6-13-4-2-3-5-16(13)19/h2-9,11-12H,10H2,1H3. The lowest BCUT2D eigenvalue weighted by Gasteiger charge is -2.02. The van der Waals surface area contributed by atoms with E-state index in [4.69, 9.17) is 16.3 Å². The van der Waals surface area contributed by atoms with E-state index in [1.54, 1.807) is 24.3 Å². The number of rotatable bonds is 3. The molecule has 0 radical (unpaired) electrons. The van der Waals surface area contributed by atoms with Gasteiger partial charge in [0.1, 0.15) is 11.9 Å². The van der Waals surface area contributed by atoms with Crippen LogP contribution >= 0.6 is 11.6 Å². The molecular weight excluding hydrogens is 284 g/mol. The number of carbonyl (C=O) groups is 1. The van der Waals surface area contributed by atoms with Gasteiger partial charge >= 0.3 is 0 Å². The van der Waals surface area contributed by atoms with E-state index in [1.807, 2.05) is 37.3 Å². The first-order valence-electron chi connectivity index (χ1n) is 6.90. The molecule has 0 fully saturated rings. The molecule has 21 heavy (non-hydrogen) atoms. The largest absolute Gasteiger partial charge is 0.490 e. The van der Waals surface area contributed by atoms with Gasteiger partial charge in [-0.2, -0.15) is 0 Å². The molecular formula is C18H15ClO2. The Hall–Kier alpha value is -2.06. The second-order valence-corrected chi connectivity index (χ2v) is 5.58. The van der Waals surface area contributed by atoms with Crippen molar-refractivity contribution < 1.29 is 9.53 Å². The molecule has 3 rings (SSSR count). The van der Waals surface area contributed by atoms with Crippen molar-refractivity contribution in [2.24, 2.45) is 0 Å². The fourth-order valence-corrected chi connectivity index (χ4v) is 2.65. The maximum atomic E-state index is 12.2. The topological polar surface area (TPSA) is 26.3 Å². The predicted molar refractivity (Wildman–Crippen MR) is 85.1 cm³/mol. The van der Waals surface area contributed by atoms with Gasteiger partial charge in [0.25, 0.3) is 0 Å². The number of benzene rings is 2. The van der Waals surface area contributed by atoms with Crippen molar-refractivity contribution in [1.29, 1.82) is 0 Å². The quantitative estimate of drug-likeness (QED) is 0.613. The van der Waals surface area contributed by atoms with Crippen LogP contribution in [0, 0.1) is 0 Å². The summed E-state index contributed by atoms with van der Waals surface area (Å²) in [7, 11) is 0. The molecule has 1 aliphatic rings. The summed E-state index contributed by atoms with van der Waals surface area (Å²) in [6.45, 7) is 2.03. The third-order valence-corrected chi connectivity index (χ3v) is 3.84. The van der Waals surface area contributed by atoms with Gasteiger partial charge in [-0.25, -0.2) is 0 Å². The van der Waals surface area contributed by atoms with Gasteiger partial charge in [0, 0.05) is 17.0 Å². The molecule has 1 aliphatic heterocycles. The Bertz CT molecular complexity index is 719. The van der Waals surface area contributed by atoms with Gasteiger partial charge in [-0.05, 0) is 54.5 Å². The summed E-state index contributed by atoms with van der Waals surface area (Å²) in [6.07, 6.45) is 4.34. The molecule has 0 spiro atoms. The number of ether oxygens (including phenoxy) is 1. The minimum absolute atomic E-state index is 0.0303. The Labute approximate surface area is 129 Å². The van der Waals surface area contributed by atoms with Crippen molar-refractivity contribution in [1.82, 2.24) is 0 Å². The lowest BCUT2D eigenvalue weighted by molar-refractivity contribution is 0.104. The molecule has 2 aromatic carbocycles. The number of carbonyl (C=O) groups excluding carboxylic acids is 1. The number of allylic oxidation sites excluding steroid dienone is 1. The zero-order valence-electron chi connectivity index (χ0n) is 11.7. The van der Waals surface area contributed by atoms with Crippen LogP contribution < -0.4 is 4.74 Å². The van der Waals surface area contributed by atoms with Gasteiger partial charge in [0.15, 0.2) is 5.78 Å². The summed E-state index contributed by atoms with van der Waals surface area (Å²) in [4.78, 5) is 12.2.